The highest BCUT2D eigenvalue weighted by atomic mass is 35.5. The predicted octanol–water partition coefficient (Wildman–Crippen LogP) is 4.37. The van der Waals surface area contributed by atoms with Crippen LogP contribution in [-0.4, -0.2) is 66.0 Å². The number of fused-ring (bicyclic) bond motifs is 1. The first-order valence-electron chi connectivity index (χ1n) is 12.8. The molecule has 4 rings (SSSR count). The molecule has 0 amide bonds. The summed E-state index contributed by atoms with van der Waals surface area (Å²) in [6.07, 6.45) is 5.55. The third-order valence-electron chi connectivity index (χ3n) is 6.28. The molecule has 1 unspecified atom stereocenters. The summed E-state index contributed by atoms with van der Waals surface area (Å²) >= 11 is 5.55. The summed E-state index contributed by atoms with van der Waals surface area (Å²) in [4.78, 5) is 44.5. The lowest BCUT2D eigenvalue weighted by Crippen LogP contribution is -2.25. The molecule has 9 nitrogen and oxygen atoms in total. The molecule has 12 heteroatoms. The first-order valence-corrected chi connectivity index (χ1v) is 14.7. The van der Waals surface area contributed by atoms with E-state index in [0.717, 1.165) is 19.3 Å². The number of halogens is 2. The van der Waals surface area contributed by atoms with E-state index in [9.17, 15) is 28.2 Å². The van der Waals surface area contributed by atoms with E-state index in [1.54, 1.807) is 42.9 Å². The lowest BCUT2D eigenvalue weighted by Gasteiger charge is -2.11. The van der Waals surface area contributed by atoms with Gasteiger partial charge in [-0.15, -0.1) is 0 Å². The van der Waals surface area contributed by atoms with E-state index >= 15 is 0 Å². The number of nitrogens with one attached hydrogen (secondary N) is 1. The van der Waals surface area contributed by atoms with Crippen molar-refractivity contribution in [1.82, 2.24) is 14.8 Å². The fraction of sp³-hybridized carbons (Fsp3) is 0.393. The van der Waals surface area contributed by atoms with Gasteiger partial charge in [0.2, 0.25) is 0 Å². The average molecular weight is 596 g/mol. The van der Waals surface area contributed by atoms with E-state index in [4.69, 9.17) is 16.1 Å². The maximum Gasteiger partial charge on any atom is 0.358 e. The van der Waals surface area contributed by atoms with Gasteiger partial charge in [0.25, 0.3) is 0 Å². The number of ketones is 1. The Hall–Kier alpha value is -2.72. The molecule has 0 aliphatic carbocycles. The third kappa shape index (κ3) is 8.89. The predicted molar refractivity (Wildman–Crippen MR) is 155 cm³/mol. The maximum absolute atomic E-state index is 13.0. The lowest BCUT2D eigenvalue weighted by molar-refractivity contribution is -0.111. The molecule has 1 fully saturated rings. The molecule has 0 radical (unpaired) electrons. The average Bonchev–Trinajstić information content (AvgIpc) is 3.50. The number of aromatic nitrogens is 1. The Labute approximate surface area is 238 Å². The van der Waals surface area contributed by atoms with Crippen molar-refractivity contribution >= 4 is 53.8 Å². The van der Waals surface area contributed by atoms with Gasteiger partial charge < -0.3 is 28.9 Å². The standard InChI is InChI=1S/C14H16NO5P.C8H9ClFN.C6H11NO/c1-3-20-21(18,19)11-4-5-12-13(10(2)17)9-15(6-7-16)14(12)8-11;1-11-5-6-3-2-4-7(9)8(6)10;1-7-4-2-3-6(7)5-8/h4-5,7-9H,3,6H2,1-2H3,(H,18,19);2-4,11H,5H2,1H3;5-6H,2-4H2,1H3/t;;6-/m..0/s1. The van der Waals surface area contributed by atoms with Crippen molar-refractivity contribution in [2.45, 2.75) is 45.8 Å². The van der Waals surface area contributed by atoms with Crippen LogP contribution in [0.2, 0.25) is 5.02 Å². The Morgan fingerprint density at radius 2 is 2.02 bits per heavy atom. The highest BCUT2D eigenvalue weighted by Crippen LogP contribution is 2.41. The van der Waals surface area contributed by atoms with Crippen LogP contribution >= 0.6 is 19.2 Å². The smallest absolute Gasteiger partial charge is 0.340 e. The van der Waals surface area contributed by atoms with Gasteiger partial charge in [0.05, 0.1) is 35.0 Å². The van der Waals surface area contributed by atoms with Crippen LogP contribution in [-0.2, 0) is 31.8 Å². The molecule has 2 N–H and O–H groups in total. The second kappa shape index (κ2) is 15.9. The van der Waals surface area contributed by atoms with Crippen molar-refractivity contribution in [3.05, 3.63) is 64.6 Å². The summed E-state index contributed by atoms with van der Waals surface area (Å²) in [7, 11) is -0.133. The van der Waals surface area contributed by atoms with Crippen LogP contribution in [0.1, 0.15) is 42.6 Å². The fourth-order valence-electron chi connectivity index (χ4n) is 4.20. The molecular formula is C28H36ClFN3O6P. The van der Waals surface area contributed by atoms with E-state index in [1.165, 1.54) is 31.5 Å². The topological polar surface area (TPSA) is 118 Å². The second-order valence-corrected chi connectivity index (χ2v) is 11.3. The number of likely N-dealkylation sites (tertiary alicyclic amines) is 1. The van der Waals surface area contributed by atoms with Crippen LogP contribution in [0.3, 0.4) is 0 Å². The Morgan fingerprint density at radius 3 is 2.55 bits per heavy atom. The highest BCUT2D eigenvalue weighted by Gasteiger charge is 2.24. The molecule has 2 aromatic carbocycles. The normalized spacial score (nSPS) is 16.3. The van der Waals surface area contributed by atoms with Crippen molar-refractivity contribution in [1.29, 1.82) is 0 Å². The number of aldehydes is 2. The van der Waals surface area contributed by atoms with Crippen molar-refractivity contribution in [3.8, 4) is 0 Å². The first kappa shape index (κ1) is 33.5. The van der Waals surface area contributed by atoms with Gasteiger partial charge in [-0.1, -0.05) is 29.8 Å². The SMILES string of the molecule is CCOP(=O)(O)c1ccc2c(C(C)=O)cn(CC=O)c2c1.CN1CCC[C@H]1C=O.CNCc1cccc(Cl)c1F. The number of carbonyl (C=O) groups excluding carboxylic acids is 3. The summed E-state index contributed by atoms with van der Waals surface area (Å²) in [6, 6.07) is 9.75. The quantitative estimate of drug-likeness (QED) is 0.213. The summed E-state index contributed by atoms with van der Waals surface area (Å²) in [5, 5.41) is 3.81. The summed E-state index contributed by atoms with van der Waals surface area (Å²) in [5.41, 5.74) is 1.63. The molecule has 0 bridgehead atoms. The zero-order valence-electron chi connectivity index (χ0n) is 23.1. The lowest BCUT2D eigenvalue weighted by atomic mass is 10.1. The van der Waals surface area contributed by atoms with Crippen LogP contribution in [0.25, 0.3) is 10.9 Å². The monoisotopic (exact) mass is 595 g/mol. The van der Waals surface area contributed by atoms with Gasteiger partial charge >= 0.3 is 7.60 Å². The number of hydrogen-bond donors (Lipinski definition) is 2. The van der Waals surface area contributed by atoms with Gasteiger partial charge in [-0.25, -0.2) is 4.39 Å². The largest absolute Gasteiger partial charge is 0.358 e. The first-order chi connectivity index (χ1) is 19.0. The van der Waals surface area contributed by atoms with Crippen LogP contribution in [0.15, 0.2) is 42.6 Å². The number of benzene rings is 2. The van der Waals surface area contributed by atoms with Crippen molar-refractivity contribution in [2.75, 3.05) is 27.2 Å². The van der Waals surface area contributed by atoms with Crippen molar-refractivity contribution in [2.24, 2.45) is 0 Å². The minimum absolute atomic E-state index is 0.0671. The second-order valence-electron chi connectivity index (χ2n) is 9.13. The number of Topliss-reactive ketones (excluding diaryl/α,β-unsaturated/α-hetero) is 1. The van der Waals surface area contributed by atoms with E-state index in [2.05, 4.69) is 10.2 Å². The van der Waals surface area contributed by atoms with E-state index < -0.39 is 7.60 Å². The number of carbonyl (C=O) groups is 3. The van der Waals surface area contributed by atoms with E-state index in [1.807, 2.05) is 7.05 Å². The minimum atomic E-state index is -3.89. The molecule has 40 heavy (non-hydrogen) atoms. The Kier molecular flexibility index (Phi) is 13.3. The molecule has 2 atom stereocenters. The van der Waals surface area contributed by atoms with Gasteiger partial charge in [0.1, 0.15) is 18.4 Å². The summed E-state index contributed by atoms with van der Waals surface area (Å²) in [6.45, 7) is 4.84. The van der Waals surface area contributed by atoms with Crippen molar-refractivity contribution < 1.29 is 32.8 Å². The van der Waals surface area contributed by atoms with Crippen LogP contribution < -0.4 is 10.6 Å². The number of nitrogens with zero attached hydrogens (tertiary/aromatic N) is 2. The van der Waals surface area contributed by atoms with Gasteiger partial charge in [-0.05, 0) is 65.5 Å². The Balaban J connectivity index is 0.000000244. The molecule has 1 aromatic heterocycles. The molecule has 1 saturated heterocycles. The van der Waals surface area contributed by atoms with E-state index in [0.29, 0.717) is 34.9 Å². The molecular weight excluding hydrogens is 560 g/mol. The summed E-state index contributed by atoms with van der Waals surface area (Å²) in [5.74, 6) is -0.460. The zero-order chi connectivity index (χ0) is 29.9. The molecule has 218 valence electrons. The summed E-state index contributed by atoms with van der Waals surface area (Å²) < 4.78 is 31.5. The minimum Gasteiger partial charge on any atom is -0.340 e. The molecule has 1 aliphatic heterocycles. The molecule has 0 saturated carbocycles. The molecule has 2 heterocycles. The van der Waals surface area contributed by atoms with Gasteiger partial charge in [0, 0.05) is 29.3 Å². The van der Waals surface area contributed by atoms with Gasteiger partial charge in [-0.3, -0.25) is 14.3 Å². The third-order valence-corrected chi connectivity index (χ3v) is 8.11. The Bertz CT molecular complexity index is 1370. The Morgan fingerprint density at radius 1 is 1.30 bits per heavy atom. The van der Waals surface area contributed by atoms with Gasteiger partial charge in [-0.2, -0.15) is 0 Å². The molecule has 1 aliphatic rings. The number of likely N-dealkylation sites (N-methyl/N-ethyl adjacent to an activating group) is 1. The van der Waals surface area contributed by atoms with Gasteiger partial charge in [0.15, 0.2) is 5.78 Å². The van der Waals surface area contributed by atoms with Crippen LogP contribution in [0.5, 0.6) is 0 Å². The van der Waals surface area contributed by atoms with Crippen molar-refractivity contribution in [3.63, 3.8) is 0 Å². The van der Waals surface area contributed by atoms with Crippen LogP contribution in [0.4, 0.5) is 4.39 Å². The zero-order valence-corrected chi connectivity index (χ0v) is 24.8. The molecule has 0 spiro atoms. The number of hydrogen-bond acceptors (Lipinski definition) is 7. The fourth-order valence-corrected chi connectivity index (χ4v) is 5.44. The van der Waals surface area contributed by atoms with E-state index in [-0.39, 0.29) is 41.1 Å². The number of rotatable bonds is 9. The molecule has 3 aromatic rings. The maximum atomic E-state index is 13.0. The van der Waals surface area contributed by atoms with Crippen LogP contribution in [0, 0.1) is 5.82 Å². The highest BCUT2D eigenvalue weighted by molar-refractivity contribution is 7.61.